The maximum atomic E-state index is 12.5. The molecule has 3 atom stereocenters. The molecule has 0 aliphatic carbocycles. The van der Waals surface area contributed by atoms with Gasteiger partial charge in [0.1, 0.15) is 5.75 Å². The lowest BCUT2D eigenvalue weighted by molar-refractivity contribution is 0.0909. The van der Waals surface area contributed by atoms with E-state index in [4.69, 9.17) is 0 Å². The number of benzene rings is 2. The lowest BCUT2D eigenvalue weighted by Gasteiger charge is -2.30. The predicted molar refractivity (Wildman–Crippen MR) is 99.1 cm³/mol. The fourth-order valence-electron chi connectivity index (χ4n) is 3.78. The highest BCUT2D eigenvalue weighted by Crippen LogP contribution is 2.34. The van der Waals surface area contributed by atoms with E-state index in [1.54, 1.807) is 12.1 Å². The summed E-state index contributed by atoms with van der Waals surface area (Å²) < 4.78 is 0. The van der Waals surface area contributed by atoms with Gasteiger partial charge in [-0.05, 0) is 61.7 Å². The number of nitrogens with one attached hydrogen (secondary N) is 1. The maximum Gasteiger partial charge on any atom is 0.251 e. The van der Waals surface area contributed by atoms with Crippen molar-refractivity contribution in [1.29, 1.82) is 0 Å². The van der Waals surface area contributed by atoms with E-state index in [0.29, 0.717) is 5.56 Å². The molecule has 1 unspecified atom stereocenters. The number of piperidine rings is 1. The smallest absolute Gasteiger partial charge is 0.251 e. The number of fused-ring (bicyclic) bond motifs is 2. The van der Waals surface area contributed by atoms with Gasteiger partial charge in [-0.1, -0.05) is 23.9 Å². The molecule has 4 nitrogen and oxygen atoms in total. The molecule has 2 aliphatic rings. The van der Waals surface area contributed by atoms with Crippen LogP contribution in [0.1, 0.15) is 23.2 Å². The third-order valence-electron chi connectivity index (χ3n) is 5.01. The second-order valence-corrected chi connectivity index (χ2v) is 8.03. The fourth-order valence-corrected chi connectivity index (χ4v) is 4.62. The van der Waals surface area contributed by atoms with Crippen LogP contribution in [0.4, 0.5) is 0 Å². The van der Waals surface area contributed by atoms with Crippen LogP contribution in [0.15, 0.2) is 58.3 Å². The Balaban J connectivity index is 1.38. The number of amides is 1. The SMILES string of the molecule is O=C(N[C@@H]1C[C@@H]2CCN(C2)C1)c1ccc(Sc2ccccc2O)cc1. The van der Waals surface area contributed by atoms with Gasteiger partial charge in [-0.2, -0.15) is 0 Å². The largest absolute Gasteiger partial charge is 0.507 e. The number of aromatic hydroxyl groups is 1. The van der Waals surface area contributed by atoms with Gasteiger partial charge in [-0.25, -0.2) is 0 Å². The first-order valence-corrected chi connectivity index (χ1v) is 9.58. The topological polar surface area (TPSA) is 52.6 Å². The molecule has 2 heterocycles. The van der Waals surface area contributed by atoms with Gasteiger partial charge >= 0.3 is 0 Å². The molecule has 0 radical (unpaired) electrons. The number of para-hydroxylation sites is 1. The summed E-state index contributed by atoms with van der Waals surface area (Å²) in [4.78, 5) is 16.8. The Kier molecular flexibility index (Phi) is 4.68. The van der Waals surface area contributed by atoms with Crippen molar-refractivity contribution in [2.45, 2.75) is 28.7 Å². The minimum Gasteiger partial charge on any atom is -0.507 e. The normalized spacial score (nSPS) is 24.9. The van der Waals surface area contributed by atoms with Crippen molar-refractivity contribution >= 4 is 17.7 Å². The molecule has 2 fully saturated rings. The van der Waals surface area contributed by atoms with Gasteiger partial charge in [-0.3, -0.25) is 4.79 Å². The monoisotopic (exact) mass is 354 g/mol. The standard InChI is InChI=1S/C20H22N2O2S/c23-18-3-1-2-4-19(18)25-17-7-5-15(6-8-17)20(24)21-16-11-14-9-10-22(12-14)13-16/h1-8,14,16,23H,9-13H2,(H,21,24)/t14-,16+/m0/s1. The molecule has 0 spiro atoms. The van der Waals surface area contributed by atoms with Crippen LogP contribution in [0.3, 0.4) is 0 Å². The highest BCUT2D eigenvalue weighted by atomic mass is 32.2. The van der Waals surface area contributed by atoms with Crippen molar-refractivity contribution in [1.82, 2.24) is 10.2 Å². The van der Waals surface area contributed by atoms with Gasteiger partial charge in [0, 0.05) is 29.6 Å². The molecule has 2 aromatic rings. The number of phenols is 1. The predicted octanol–water partition coefficient (Wildman–Crippen LogP) is 3.37. The molecule has 5 heteroatoms. The molecule has 1 amide bonds. The highest BCUT2D eigenvalue weighted by molar-refractivity contribution is 7.99. The van der Waals surface area contributed by atoms with Crippen LogP contribution in [0.2, 0.25) is 0 Å². The maximum absolute atomic E-state index is 12.5. The van der Waals surface area contributed by atoms with Crippen LogP contribution in [0, 0.1) is 5.92 Å². The molecular formula is C20H22N2O2S. The summed E-state index contributed by atoms with van der Waals surface area (Å²) in [6.45, 7) is 3.35. The number of nitrogens with zero attached hydrogens (tertiary/aromatic N) is 1. The van der Waals surface area contributed by atoms with E-state index in [-0.39, 0.29) is 17.7 Å². The lowest BCUT2D eigenvalue weighted by atomic mass is 9.96. The fraction of sp³-hybridized carbons (Fsp3) is 0.350. The first-order valence-electron chi connectivity index (χ1n) is 8.76. The van der Waals surface area contributed by atoms with Crippen molar-refractivity contribution in [2.24, 2.45) is 5.92 Å². The number of hydrogen-bond acceptors (Lipinski definition) is 4. The Morgan fingerprint density at radius 2 is 1.92 bits per heavy atom. The van der Waals surface area contributed by atoms with Gasteiger partial charge in [-0.15, -0.1) is 0 Å². The van der Waals surface area contributed by atoms with Gasteiger partial charge in [0.25, 0.3) is 5.91 Å². The molecule has 0 saturated carbocycles. The molecule has 2 bridgehead atoms. The van der Waals surface area contributed by atoms with Crippen molar-refractivity contribution in [3.8, 4) is 5.75 Å². The van der Waals surface area contributed by atoms with Crippen LogP contribution in [-0.4, -0.2) is 41.6 Å². The number of hydrogen-bond donors (Lipinski definition) is 2. The average Bonchev–Trinajstić information content (AvgIpc) is 2.96. The van der Waals surface area contributed by atoms with Crippen molar-refractivity contribution in [3.05, 3.63) is 54.1 Å². The second kappa shape index (κ2) is 7.10. The van der Waals surface area contributed by atoms with Crippen LogP contribution in [-0.2, 0) is 0 Å². The molecule has 2 aromatic carbocycles. The third-order valence-corrected chi connectivity index (χ3v) is 6.08. The van der Waals surface area contributed by atoms with E-state index >= 15 is 0 Å². The third kappa shape index (κ3) is 3.83. The first kappa shape index (κ1) is 16.5. The number of phenolic OH excluding ortho intramolecular Hbond substituents is 1. The van der Waals surface area contributed by atoms with Crippen LogP contribution in [0.25, 0.3) is 0 Å². The van der Waals surface area contributed by atoms with E-state index in [1.165, 1.54) is 31.3 Å². The second-order valence-electron chi connectivity index (χ2n) is 6.91. The summed E-state index contributed by atoms with van der Waals surface area (Å²) in [5, 5.41) is 13.0. The van der Waals surface area contributed by atoms with Crippen molar-refractivity contribution < 1.29 is 9.90 Å². The van der Waals surface area contributed by atoms with Gasteiger partial charge in [0.2, 0.25) is 0 Å². The molecule has 2 N–H and O–H groups in total. The van der Waals surface area contributed by atoms with Crippen molar-refractivity contribution in [2.75, 3.05) is 19.6 Å². The van der Waals surface area contributed by atoms with Gasteiger partial charge < -0.3 is 15.3 Å². The van der Waals surface area contributed by atoms with E-state index < -0.39 is 0 Å². The summed E-state index contributed by atoms with van der Waals surface area (Å²) >= 11 is 1.49. The van der Waals surface area contributed by atoms with Crippen LogP contribution >= 0.6 is 11.8 Å². The molecule has 2 saturated heterocycles. The summed E-state index contributed by atoms with van der Waals surface area (Å²) in [6.07, 6.45) is 2.37. The Labute approximate surface area is 152 Å². The molecule has 0 aromatic heterocycles. The number of rotatable bonds is 4. The Morgan fingerprint density at radius 1 is 1.12 bits per heavy atom. The summed E-state index contributed by atoms with van der Waals surface area (Å²) in [6, 6.07) is 15.1. The van der Waals surface area contributed by atoms with E-state index in [1.807, 2.05) is 36.4 Å². The zero-order valence-electron chi connectivity index (χ0n) is 14.0. The first-order chi connectivity index (χ1) is 12.2. The highest BCUT2D eigenvalue weighted by Gasteiger charge is 2.32. The lowest BCUT2D eigenvalue weighted by Crippen LogP contribution is -2.47. The quantitative estimate of drug-likeness (QED) is 0.884. The van der Waals surface area contributed by atoms with E-state index in [9.17, 15) is 9.90 Å². The zero-order valence-corrected chi connectivity index (χ0v) is 14.8. The Bertz CT molecular complexity index is 751. The summed E-state index contributed by atoms with van der Waals surface area (Å²) in [5.41, 5.74) is 0.689. The minimum atomic E-state index is 0.00612. The van der Waals surface area contributed by atoms with Gasteiger partial charge in [0.15, 0.2) is 0 Å². The Morgan fingerprint density at radius 3 is 2.68 bits per heavy atom. The number of carbonyl (C=O) groups is 1. The summed E-state index contributed by atoms with van der Waals surface area (Å²) in [7, 11) is 0. The molecule has 2 aliphatic heterocycles. The molecular weight excluding hydrogens is 332 g/mol. The Hall–Kier alpha value is -1.98. The molecule has 25 heavy (non-hydrogen) atoms. The molecule has 4 rings (SSSR count). The van der Waals surface area contributed by atoms with E-state index in [0.717, 1.165) is 28.7 Å². The van der Waals surface area contributed by atoms with E-state index in [2.05, 4.69) is 10.2 Å². The number of carbonyl (C=O) groups excluding carboxylic acids is 1. The molecule has 130 valence electrons. The average molecular weight is 354 g/mol. The van der Waals surface area contributed by atoms with Crippen molar-refractivity contribution in [3.63, 3.8) is 0 Å². The zero-order chi connectivity index (χ0) is 17.2. The van der Waals surface area contributed by atoms with Crippen LogP contribution < -0.4 is 5.32 Å². The van der Waals surface area contributed by atoms with Crippen LogP contribution in [0.5, 0.6) is 5.75 Å². The minimum absolute atomic E-state index is 0.00612. The summed E-state index contributed by atoms with van der Waals surface area (Å²) in [5.74, 6) is 1.03. The van der Waals surface area contributed by atoms with Gasteiger partial charge in [0.05, 0.1) is 4.90 Å².